The number of aliphatic hydroxyl groups is 1. The molecule has 0 bridgehead atoms. The highest BCUT2D eigenvalue weighted by molar-refractivity contribution is 5.32. The number of aliphatic hydroxyl groups excluding tert-OH is 1. The third kappa shape index (κ3) is 4.20. The molecule has 1 aromatic carbocycles. The maximum absolute atomic E-state index is 9.20. The predicted molar refractivity (Wildman–Crippen MR) is 80.7 cm³/mol. The minimum Gasteiger partial charge on any atom is -0.492 e. The molecule has 112 valence electrons. The summed E-state index contributed by atoms with van der Waals surface area (Å²) in [6.07, 6.45) is 5.12. The van der Waals surface area contributed by atoms with Gasteiger partial charge in [-0.1, -0.05) is 31.0 Å². The van der Waals surface area contributed by atoms with Crippen molar-refractivity contribution in [2.24, 2.45) is 5.73 Å². The molecule has 1 aromatic rings. The fourth-order valence-corrected chi connectivity index (χ4v) is 2.96. The summed E-state index contributed by atoms with van der Waals surface area (Å²) in [5, 5.41) is 9.20. The normalized spacial score (nSPS) is 15.9. The average molecular weight is 278 g/mol. The molecule has 20 heavy (non-hydrogen) atoms. The topological polar surface area (TPSA) is 58.7 Å². The van der Waals surface area contributed by atoms with Crippen LogP contribution in [0.15, 0.2) is 24.3 Å². The fourth-order valence-electron chi connectivity index (χ4n) is 2.96. The summed E-state index contributed by atoms with van der Waals surface area (Å²) in [5.74, 6) is 0.880. The van der Waals surface area contributed by atoms with Crippen LogP contribution in [0, 0.1) is 0 Å². The van der Waals surface area contributed by atoms with Gasteiger partial charge in [0.05, 0.1) is 6.61 Å². The van der Waals surface area contributed by atoms with Gasteiger partial charge in [0, 0.05) is 31.2 Å². The van der Waals surface area contributed by atoms with E-state index in [0.717, 1.165) is 24.4 Å². The van der Waals surface area contributed by atoms with E-state index in [4.69, 9.17) is 10.5 Å². The Kier molecular flexibility index (Phi) is 6.30. The number of para-hydroxylation sites is 1. The van der Waals surface area contributed by atoms with Crippen molar-refractivity contribution in [3.63, 3.8) is 0 Å². The molecule has 0 aliphatic heterocycles. The van der Waals surface area contributed by atoms with Gasteiger partial charge >= 0.3 is 0 Å². The minimum absolute atomic E-state index is 0.218. The Balaban J connectivity index is 1.83. The van der Waals surface area contributed by atoms with E-state index in [1.165, 1.54) is 25.7 Å². The van der Waals surface area contributed by atoms with E-state index in [1.54, 1.807) is 0 Å². The van der Waals surface area contributed by atoms with Gasteiger partial charge < -0.3 is 15.6 Å². The van der Waals surface area contributed by atoms with E-state index in [0.29, 0.717) is 19.2 Å². The van der Waals surface area contributed by atoms with E-state index in [9.17, 15) is 5.11 Å². The van der Waals surface area contributed by atoms with E-state index in [2.05, 4.69) is 4.90 Å². The van der Waals surface area contributed by atoms with Crippen LogP contribution >= 0.6 is 0 Å². The van der Waals surface area contributed by atoms with Crippen LogP contribution in [0.5, 0.6) is 5.75 Å². The second kappa shape index (κ2) is 8.25. The van der Waals surface area contributed by atoms with Crippen molar-refractivity contribution in [1.82, 2.24) is 4.90 Å². The molecular weight excluding hydrogens is 252 g/mol. The molecule has 1 fully saturated rings. The van der Waals surface area contributed by atoms with Crippen LogP contribution in [-0.4, -0.2) is 42.4 Å². The molecule has 0 saturated heterocycles. The Morgan fingerprint density at radius 1 is 1.20 bits per heavy atom. The molecule has 0 radical (unpaired) electrons. The van der Waals surface area contributed by atoms with Crippen LogP contribution in [0.4, 0.5) is 0 Å². The number of ether oxygens (including phenoxy) is 1. The van der Waals surface area contributed by atoms with Crippen LogP contribution in [0.2, 0.25) is 0 Å². The van der Waals surface area contributed by atoms with Crippen molar-refractivity contribution in [3.8, 4) is 5.75 Å². The highest BCUT2D eigenvalue weighted by Gasteiger charge is 2.21. The lowest BCUT2D eigenvalue weighted by Crippen LogP contribution is -2.38. The zero-order valence-corrected chi connectivity index (χ0v) is 12.1. The zero-order chi connectivity index (χ0) is 14.2. The van der Waals surface area contributed by atoms with Crippen molar-refractivity contribution >= 4 is 0 Å². The van der Waals surface area contributed by atoms with E-state index in [1.807, 2.05) is 24.3 Å². The fraction of sp³-hybridized carbons (Fsp3) is 0.625. The first kappa shape index (κ1) is 15.3. The number of rotatable bonds is 8. The van der Waals surface area contributed by atoms with Crippen LogP contribution < -0.4 is 10.5 Å². The molecule has 0 atom stereocenters. The molecule has 1 saturated carbocycles. The highest BCUT2D eigenvalue weighted by atomic mass is 16.5. The van der Waals surface area contributed by atoms with Crippen LogP contribution in [-0.2, 0) is 6.54 Å². The Hall–Kier alpha value is -1.10. The van der Waals surface area contributed by atoms with Crippen molar-refractivity contribution < 1.29 is 9.84 Å². The monoisotopic (exact) mass is 278 g/mol. The molecule has 4 nitrogen and oxygen atoms in total. The third-order valence-corrected chi connectivity index (χ3v) is 4.06. The molecule has 1 aliphatic carbocycles. The van der Waals surface area contributed by atoms with E-state index >= 15 is 0 Å². The van der Waals surface area contributed by atoms with Crippen LogP contribution in [0.1, 0.15) is 31.2 Å². The Bertz CT molecular complexity index is 392. The first-order chi connectivity index (χ1) is 9.85. The lowest BCUT2D eigenvalue weighted by Gasteiger charge is -2.28. The summed E-state index contributed by atoms with van der Waals surface area (Å²) in [6.45, 7) is 2.97. The molecule has 0 aromatic heterocycles. The summed E-state index contributed by atoms with van der Waals surface area (Å²) in [4.78, 5) is 2.36. The lowest BCUT2D eigenvalue weighted by molar-refractivity contribution is 0.129. The first-order valence-electron chi connectivity index (χ1n) is 7.61. The summed E-state index contributed by atoms with van der Waals surface area (Å²) in [7, 11) is 0. The Morgan fingerprint density at radius 3 is 2.65 bits per heavy atom. The molecule has 0 spiro atoms. The number of hydrogen-bond acceptors (Lipinski definition) is 4. The van der Waals surface area contributed by atoms with Crippen molar-refractivity contribution in [1.29, 1.82) is 0 Å². The van der Waals surface area contributed by atoms with Gasteiger partial charge in [-0.05, 0) is 18.9 Å². The highest BCUT2D eigenvalue weighted by Crippen LogP contribution is 2.23. The van der Waals surface area contributed by atoms with Gasteiger partial charge in [0.2, 0.25) is 0 Å². The molecule has 0 amide bonds. The number of nitrogens with two attached hydrogens (primary N) is 1. The largest absolute Gasteiger partial charge is 0.492 e. The second-order valence-corrected chi connectivity index (χ2v) is 5.36. The van der Waals surface area contributed by atoms with Crippen molar-refractivity contribution in [3.05, 3.63) is 29.8 Å². The number of benzene rings is 1. The minimum atomic E-state index is 0.218. The van der Waals surface area contributed by atoms with E-state index < -0.39 is 0 Å². The van der Waals surface area contributed by atoms with Gasteiger partial charge in [-0.15, -0.1) is 0 Å². The quantitative estimate of drug-likeness (QED) is 0.761. The summed E-state index contributed by atoms with van der Waals surface area (Å²) < 4.78 is 5.86. The predicted octanol–water partition coefficient (Wildman–Crippen LogP) is 1.76. The van der Waals surface area contributed by atoms with Gasteiger partial charge in [-0.2, -0.15) is 0 Å². The smallest absolute Gasteiger partial charge is 0.123 e. The van der Waals surface area contributed by atoms with Crippen molar-refractivity contribution in [2.45, 2.75) is 38.3 Å². The SMILES string of the molecule is NCc1ccccc1OCCN(CCO)C1CCCC1. The maximum atomic E-state index is 9.20. The van der Waals surface area contributed by atoms with Gasteiger partial charge in [0.25, 0.3) is 0 Å². The van der Waals surface area contributed by atoms with E-state index in [-0.39, 0.29) is 6.61 Å². The third-order valence-electron chi connectivity index (χ3n) is 4.06. The lowest BCUT2D eigenvalue weighted by atomic mass is 10.2. The molecule has 2 rings (SSSR count). The average Bonchev–Trinajstić information content (AvgIpc) is 3.01. The standard InChI is InChI=1S/C16H26N2O2/c17-13-14-5-1-4-8-16(14)20-12-10-18(9-11-19)15-6-2-3-7-15/h1,4-5,8,15,19H,2-3,6-7,9-13,17H2. The Labute approximate surface area is 121 Å². The second-order valence-electron chi connectivity index (χ2n) is 5.36. The molecule has 0 heterocycles. The van der Waals surface area contributed by atoms with Crippen LogP contribution in [0.25, 0.3) is 0 Å². The summed E-state index contributed by atoms with van der Waals surface area (Å²) >= 11 is 0. The van der Waals surface area contributed by atoms with Crippen molar-refractivity contribution in [2.75, 3.05) is 26.3 Å². The van der Waals surface area contributed by atoms with Gasteiger partial charge in [-0.25, -0.2) is 0 Å². The molecule has 4 heteroatoms. The first-order valence-corrected chi connectivity index (χ1v) is 7.61. The number of nitrogens with zero attached hydrogens (tertiary/aromatic N) is 1. The molecular formula is C16H26N2O2. The summed E-state index contributed by atoms with van der Waals surface area (Å²) in [6, 6.07) is 8.53. The van der Waals surface area contributed by atoms with Gasteiger partial charge in [0.1, 0.15) is 12.4 Å². The maximum Gasteiger partial charge on any atom is 0.123 e. The Morgan fingerprint density at radius 2 is 1.95 bits per heavy atom. The molecule has 3 N–H and O–H groups in total. The summed E-state index contributed by atoms with van der Waals surface area (Å²) in [5.41, 5.74) is 6.75. The molecule has 1 aliphatic rings. The molecule has 0 unspecified atom stereocenters. The zero-order valence-electron chi connectivity index (χ0n) is 12.1. The van der Waals surface area contributed by atoms with Crippen LogP contribution in [0.3, 0.4) is 0 Å². The number of hydrogen-bond donors (Lipinski definition) is 2. The van der Waals surface area contributed by atoms with Gasteiger partial charge in [-0.3, -0.25) is 4.90 Å². The van der Waals surface area contributed by atoms with Gasteiger partial charge in [0.15, 0.2) is 0 Å².